The smallest absolute Gasteiger partial charge is 0.312 e. The van der Waals surface area contributed by atoms with E-state index in [2.05, 4.69) is 11.9 Å². The van der Waals surface area contributed by atoms with Gasteiger partial charge in [-0.3, -0.25) is 10.1 Å². The zero-order chi connectivity index (χ0) is 17.1. The molecule has 0 aliphatic rings. The van der Waals surface area contributed by atoms with Gasteiger partial charge in [0.15, 0.2) is 0 Å². The maximum Gasteiger partial charge on any atom is 0.312 e. The predicted octanol–water partition coefficient (Wildman–Crippen LogP) is 5.38. The number of hydrogen-bond donors (Lipinski definition) is 0. The Morgan fingerprint density at radius 1 is 1.21 bits per heavy atom. The second-order valence-electron chi connectivity index (χ2n) is 5.24. The van der Waals surface area contributed by atoms with Gasteiger partial charge in [0.25, 0.3) is 0 Å². The van der Waals surface area contributed by atoms with Crippen molar-refractivity contribution >= 4 is 17.0 Å². The van der Waals surface area contributed by atoms with E-state index in [1.807, 2.05) is 31.2 Å². The van der Waals surface area contributed by atoms with Gasteiger partial charge >= 0.3 is 5.69 Å². The molecule has 2 aromatic carbocycles. The highest BCUT2D eigenvalue weighted by molar-refractivity contribution is 7.15. The molecule has 0 N–H and O–H groups in total. The summed E-state index contributed by atoms with van der Waals surface area (Å²) in [5, 5.41) is 12.2. The summed E-state index contributed by atoms with van der Waals surface area (Å²) >= 11 is 1.57. The van der Waals surface area contributed by atoms with Crippen molar-refractivity contribution in [3.8, 4) is 22.1 Å². The molecular formula is C18H16N2O3S. The molecule has 0 fully saturated rings. The second kappa shape index (κ2) is 6.80. The number of aryl methyl sites for hydroxylation is 2. The average Bonchev–Trinajstić information content (AvgIpc) is 2.97. The largest absolute Gasteiger partial charge is 0.450 e. The first kappa shape index (κ1) is 16.1. The summed E-state index contributed by atoms with van der Waals surface area (Å²) in [6.45, 7) is 4.03. The minimum Gasteiger partial charge on any atom is -0.450 e. The van der Waals surface area contributed by atoms with Crippen LogP contribution in [0.25, 0.3) is 10.6 Å². The fourth-order valence-electron chi connectivity index (χ4n) is 2.37. The van der Waals surface area contributed by atoms with Gasteiger partial charge in [-0.1, -0.05) is 25.1 Å². The van der Waals surface area contributed by atoms with E-state index in [9.17, 15) is 10.1 Å². The first-order valence-electron chi connectivity index (χ1n) is 7.56. The van der Waals surface area contributed by atoms with Crippen LogP contribution in [0.2, 0.25) is 0 Å². The number of nitrogens with zero attached hydrogens (tertiary/aromatic N) is 2. The molecule has 0 saturated carbocycles. The molecular weight excluding hydrogens is 324 g/mol. The summed E-state index contributed by atoms with van der Waals surface area (Å²) < 4.78 is 5.65. The van der Waals surface area contributed by atoms with Crippen molar-refractivity contribution in [3.63, 3.8) is 0 Å². The average molecular weight is 340 g/mol. The van der Waals surface area contributed by atoms with Crippen molar-refractivity contribution < 1.29 is 9.66 Å². The van der Waals surface area contributed by atoms with Crippen LogP contribution in [0.5, 0.6) is 11.5 Å². The Kier molecular flexibility index (Phi) is 4.57. The van der Waals surface area contributed by atoms with Gasteiger partial charge in [0.05, 0.1) is 10.6 Å². The van der Waals surface area contributed by atoms with Gasteiger partial charge in [-0.15, -0.1) is 11.3 Å². The number of nitro benzene ring substituents is 1. The van der Waals surface area contributed by atoms with E-state index < -0.39 is 4.92 Å². The highest BCUT2D eigenvalue weighted by Gasteiger charge is 2.19. The predicted molar refractivity (Wildman–Crippen MR) is 94.8 cm³/mol. The quantitative estimate of drug-likeness (QED) is 0.462. The molecule has 0 atom stereocenters. The third-order valence-corrected chi connectivity index (χ3v) is 4.94. The molecule has 0 spiro atoms. The van der Waals surface area contributed by atoms with Gasteiger partial charge in [0.2, 0.25) is 5.75 Å². The van der Waals surface area contributed by atoms with Crippen LogP contribution in [-0.2, 0) is 6.42 Å². The number of aromatic nitrogens is 1. The molecule has 6 heteroatoms. The van der Waals surface area contributed by atoms with Crippen LogP contribution in [0.1, 0.15) is 17.5 Å². The van der Waals surface area contributed by atoms with E-state index in [0.29, 0.717) is 5.75 Å². The molecule has 1 heterocycles. The Labute approximate surface area is 143 Å². The van der Waals surface area contributed by atoms with Crippen LogP contribution < -0.4 is 4.74 Å². The van der Waals surface area contributed by atoms with Crippen molar-refractivity contribution in [2.45, 2.75) is 20.3 Å². The minimum absolute atomic E-state index is 0.0674. The third-order valence-electron chi connectivity index (χ3n) is 3.59. The van der Waals surface area contributed by atoms with Crippen LogP contribution in [0, 0.1) is 17.0 Å². The van der Waals surface area contributed by atoms with Gasteiger partial charge < -0.3 is 4.74 Å². The number of hydrogen-bond acceptors (Lipinski definition) is 5. The fraction of sp³-hybridized carbons (Fsp3) is 0.167. The van der Waals surface area contributed by atoms with Crippen molar-refractivity contribution in [2.75, 3.05) is 0 Å². The summed E-state index contributed by atoms with van der Waals surface area (Å²) in [6.07, 6.45) is 0.904. The Morgan fingerprint density at radius 3 is 2.58 bits per heavy atom. The summed E-state index contributed by atoms with van der Waals surface area (Å²) in [5.41, 5.74) is 1.64. The van der Waals surface area contributed by atoms with Crippen LogP contribution >= 0.6 is 11.3 Å². The highest BCUT2D eigenvalue weighted by Crippen LogP contribution is 2.37. The Balaban J connectivity index is 1.99. The summed E-state index contributed by atoms with van der Waals surface area (Å²) in [5.74, 6) is 0.783. The summed E-state index contributed by atoms with van der Waals surface area (Å²) in [6, 6.07) is 14.0. The topological polar surface area (TPSA) is 65.3 Å². The number of thiazole rings is 1. The van der Waals surface area contributed by atoms with Crippen LogP contribution in [0.15, 0.2) is 48.5 Å². The summed E-state index contributed by atoms with van der Waals surface area (Å²) in [4.78, 5) is 16.7. The van der Waals surface area contributed by atoms with Crippen molar-refractivity contribution in [1.29, 1.82) is 0 Å². The van der Waals surface area contributed by atoms with Crippen LogP contribution in [0.3, 0.4) is 0 Å². The lowest BCUT2D eigenvalue weighted by Crippen LogP contribution is -1.94. The number of rotatable bonds is 5. The second-order valence-corrected chi connectivity index (χ2v) is 6.32. The lowest BCUT2D eigenvalue weighted by Gasteiger charge is -2.07. The molecule has 0 radical (unpaired) electrons. The lowest BCUT2D eigenvalue weighted by atomic mass is 10.2. The standard InChI is InChI=1S/C18H16N2O3S/c1-3-17-12(2)19-18(24-17)13-9-10-16(15(11-13)20(21)22)23-14-7-5-4-6-8-14/h4-11H,3H2,1-2H3. The number of benzene rings is 2. The van der Waals surface area contributed by atoms with Gasteiger partial charge in [-0.25, -0.2) is 4.98 Å². The van der Waals surface area contributed by atoms with E-state index in [1.54, 1.807) is 29.5 Å². The molecule has 24 heavy (non-hydrogen) atoms. The van der Waals surface area contributed by atoms with Gasteiger partial charge in [0.1, 0.15) is 10.8 Å². The number of para-hydroxylation sites is 1. The maximum absolute atomic E-state index is 11.4. The normalized spacial score (nSPS) is 10.6. The van der Waals surface area contributed by atoms with Crippen molar-refractivity contribution in [3.05, 3.63) is 69.2 Å². The highest BCUT2D eigenvalue weighted by atomic mass is 32.1. The van der Waals surface area contributed by atoms with Crippen LogP contribution in [-0.4, -0.2) is 9.91 Å². The van der Waals surface area contributed by atoms with Gasteiger partial charge in [0, 0.05) is 16.5 Å². The Bertz CT molecular complexity index is 875. The molecule has 0 saturated heterocycles. The van der Waals surface area contributed by atoms with Gasteiger partial charge in [-0.2, -0.15) is 0 Å². The van der Waals surface area contributed by atoms with Crippen molar-refractivity contribution in [2.24, 2.45) is 0 Å². The first-order chi connectivity index (χ1) is 11.6. The molecule has 122 valence electrons. The molecule has 0 aliphatic carbocycles. The monoisotopic (exact) mass is 340 g/mol. The molecule has 0 aliphatic heterocycles. The minimum atomic E-state index is -0.428. The molecule has 3 aromatic rings. The van der Waals surface area contributed by atoms with Crippen molar-refractivity contribution in [1.82, 2.24) is 4.98 Å². The van der Waals surface area contributed by atoms with Gasteiger partial charge in [-0.05, 0) is 37.6 Å². The van der Waals surface area contributed by atoms with E-state index in [1.165, 1.54) is 10.9 Å². The zero-order valence-electron chi connectivity index (χ0n) is 13.4. The fourth-order valence-corrected chi connectivity index (χ4v) is 3.37. The molecule has 0 amide bonds. The first-order valence-corrected chi connectivity index (χ1v) is 8.38. The lowest BCUT2D eigenvalue weighted by molar-refractivity contribution is -0.385. The molecule has 0 unspecified atom stereocenters. The number of nitro groups is 1. The Morgan fingerprint density at radius 2 is 1.96 bits per heavy atom. The van der Waals surface area contributed by atoms with E-state index >= 15 is 0 Å². The Hall–Kier alpha value is -2.73. The maximum atomic E-state index is 11.4. The van der Waals surface area contributed by atoms with E-state index in [4.69, 9.17) is 4.74 Å². The number of ether oxygens (including phenoxy) is 1. The van der Waals surface area contributed by atoms with E-state index in [0.717, 1.165) is 22.7 Å². The molecule has 3 rings (SSSR count). The third kappa shape index (κ3) is 3.28. The van der Waals surface area contributed by atoms with E-state index in [-0.39, 0.29) is 11.4 Å². The SMILES string of the molecule is CCc1sc(-c2ccc(Oc3ccccc3)c([N+](=O)[O-])c2)nc1C. The molecule has 5 nitrogen and oxygen atoms in total. The zero-order valence-corrected chi connectivity index (χ0v) is 14.2. The molecule has 0 bridgehead atoms. The summed E-state index contributed by atoms with van der Waals surface area (Å²) in [7, 11) is 0. The molecule has 1 aromatic heterocycles. The van der Waals surface area contributed by atoms with Crippen LogP contribution in [0.4, 0.5) is 5.69 Å².